The van der Waals surface area contributed by atoms with E-state index in [2.05, 4.69) is 5.10 Å². The molecule has 2 aliphatic rings. The number of nitrogens with zero attached hydrogens (tertiary/aromatic N) is 3. The van der Waals surface area contributed by atoms with Gasteiger partial charge in [0.15, 0.2) is 5.79 Å². The van der Waals surface area contributed by atoms with Gasteiger partial charge in [-0.1, -0.05) is 0 Å². The number of carbonyl (C=O) groups is 2. The monoisotopic (exact) mass is 379 g/mol. The zero-order valence-corrected chi connectivity index (χ0v) is 16.7. The van der Waals surface area contributed by atoms with Gasteiger partial charge in [-0.05, 0) is 46.1 Å². The average molecular weight is 379 g/mol. The Hall–Kier alpha value is -1.93. The van der Waals surface area contributed by atoms with Crippen molar-refractivity contribution in [1.29, 1.82) is 0 Å². The summed E-state index contributed by atoms with van der Waals surface area (Å²) >= 11 is 0. The molecule has 0 aromatic carbocycles. The summed E-state index contributed by atoms with van der Waals surface area (Å²) in [7, 11) is 1.76. The second kappa shape index (κ2) is 7.59. The van der Waals surface area contributed by atoms with Crippen molar-refractivity contribution in [2.45, 2.75) is 46.0 Å². The van der Waals surface area contributed by atoms with Crippen LogP contribution in [0.15, 0.2) is 6.07 Å². The highest BCUT2D eigenvalue weighted by atomic mass is 16.7. The van der Waals surface area contributed by atoms with Crippen molar-refractivity contribution >= 4 is 11.9 Å². The molecule has 1 saturated carbocycles. The fourth-order valence-corrected chi connectivity index (χ4v) is 3.58. The Morgan fingerprint density at radius 3 is 2.70 bits per heavy atom. The third-order valence-electron chi connectivity index (χ3n) is 4.97. The summed E-state index contributed by atoms with van der Waals surface area (Å²) < 4.78 is 18.2. The molecule has 0 radical (unpaired) electrons. The molecule has 2 fully saturated rings. The lowest BCUT2D eigenvalue weighted by atomic mass is 10.2. The van der Waals surface area contributed by atoms with E-state index in [1.54, 1.807) is 29.6 Å². The van der Waals surface area contributed by atoms with Crippen LogP contribution in [0.3, 0.4) is 0 Å². The number of rotatable bonds is 7. The lowest BCUT2D eigenvalue weighted by Crippen LogP contribution is -2.41. The predicted molar refractivity (Wildman–Crippen MR) is 97.0 cm³/mol. The minimum atomic E-state index is -0.643. The van der Waals surface area contributed by atoms with Crippen LogP contribution in [0, 0.1) is 18.8 Å². The van der Waals surface area contributed by atoms with Crippen LogP contribution in [0.25, 0.3) is 0 Å². The smallest absolute Gasteiger partial charge is 0.309 e. The van der Waals surface area contributed by atoms with Gasteiger partial charge in [-0.2, -0.15) is 5.10 Å². The van der Waals surface area contributed by atoms with Gasteiger partial charge in [0, 0.05) is 20.1 Å². The molecule has 0 unspecified atom stereocenters. The molecule has 27 heavy (non-hydrogen) atoms. The molecular weight excluding hydrogens is 350 g/mol. The minimum Gasteiger partial charge on any atom is -0.466 e. The Morgan fingerprint density at radius 1 is 1.41 bits per heavy atom. The van der Waals surface area contributed by atoms with E-state index < -0.39 is 5.79 Å². The molecule has 1 aliphatic heterocycles. The number of aromatic nitrogens is 2. The van der Waals surface area contributed by atoms with Gasteiger partial charge in [0.05, 0.1) is 24.8 Å². The van der Waals surface area contributed by atoms with Crippen molar-refractivity contribution < 1.29 is 23.8 Å². The van der Waals surface area contributed by atoms with Crippen LogP contribution in [0.5, 0.6) is 0 Å². The van der Waals surface area contributed by atoms with Crippen molar-refractivity contribution in [3.8, 4) is 0 Å². The van der Waals surface area contributed by atoms with E-state index in [0.717, 1.165) is 12.1 Å². The largest absolute Gasteiger partial charge is 0.466 e. The maximum atomic E-state index is 13.1. The Labute approximate surface area is 159 Å². The highest BCUT2D eigenvalue weighted by molar-refractivity contribution is 5.92. The summed E-state index contributed by atoms with van der Waals surface area (Å²) in [4.78, 5) is 26.8. The summed E-state index contributed by atoms with van der Waals surface area (Å²) in [5, 5.41) is 4.27. The molecule has 8 nitrogen and oxygen atoms in total. The van der Waals surface area contributed by atoms with E-state index in [4.69, 9.17) is 14.2 Å². The first-order chi connectivity index (χ1) is 12.7. The Balaban J connectivity index is 1.70. The number of ether oxygens (including phenoxy) is 3. The lowest BCUT2D eigenvalue weighted by molar-refractivity contribution is -0.145. The van der Waals surface area contributed by atoms with Gasteiger partial charge in [-0.3, -0.25) is 14.3 Å². The van der Waals surface area contributed by atoms with E-state index in [1.165, 1.54) is 0 Å². The van der Waals surface area contributed by atoms with Crippen LogP contribution in [0.2, 0.25) is 0 Å². The van der Waals surface area contributed by atoms with Crippen molar-refractivity contribution in [3.05, 3.63) is 17.5 Å². The van der Waals surface area contributed by atoms with Gasteiger partial charge in [0.1, 0.15) is 11.8 Å². The highest BCUT2D eigenvalue weighted by Crippen LogP contribution is 2.40. The third kappa shape index (κ3) is 4.68. The molecule has 8 heteroatoms. The fourth-order valence-electron chi connectivity index (χ4n) is 3.58. The molecule has 1 amide bonds. The number of amides is 1. The third-order valence-corrected chi connectivity index (χ3v) is 4.97. The Morgan fingerprint density at radius 2 is 2.15 bits per heavy atom. The number of aryl methyl sites for hydroxylation is 2. The van der Waals surface area contributed by atoms with Crippen molar-refractivity contribution in [3.63, 3.8) is 0 Å². The second-order valence-electron chi connectivity index (χ2n) is 7.81. The molecule has 1 aliphatic carbocycles. The van der Waals surface area contributed by atoms with Crippen molar-refractivity contribution in [2.75, 3.05) is 26.3 Å². The second-order valence-corrected chi connectivity index (χ2v) is 7.81. The van der Waals surface area contributed by atoms with Gasteiger partial charge in [0.25, 0.3) is 5.91 Å². The van der Waals surface area contributed by atoms with E-state index in [1.807, 2.05) is 20.8 Å². The molecule has 1 aromatic rings. The van der Waals surface area contributed by atoms with Gasteiger partial charge in [-0.15, -0.1) is 0 Å². The summed E-state index contributed by atoms with van der Waals surface area (Å²) in [6.45, 7) is 9.10. The highest BCUT2D eigenvalue weighted by Gasteiger charge is 2.46. The Bertz CT molecular complexity index is 714. The van der Waals surface area contributed by atoms with Crippen molar-refractivity contribution in [2.24, 2.45) is 18.9 Å². The van der Waals surface area contributed by atoms with Gasteiger partial charge in [0.2, 0.25) is 0 Å². The number of carbonyl (C=O) groups excluding carboxylic acids is 2. The maximum absolute atomic E-state index is 13.1. The molecule has 3 atom stereocenters. The quantitative estimate of drug-likeness (QED) is 0.668. The Kier molecular flexibility index (Phi) is 5.58. The average Bonchev–Trinajstić information content (AvgIpc) is 3.15. The van der Waals surface area contributed by atoms with Crippen molar-refractivity contribution in [1.82, 2.24) is 14.7 Å². The fraction of sp³-hybridized carbons (Fsp3) is 0.737. The van der Waals surface area contributed by atoms with Gasteiger partial charge in [-0.25, -0.2) is 0 Å². The summed E-state index contributed by atoms with van der Waals surface area (Å²) in [6.07, 6.45) is 0.554. The minimum absolute atomic E-state index is 0.110. The first-order valence-electron chi connectivity index (χ1n) is 9.48. The standard InChI is InChI=1S/C19H29N3O5/c1-6-25-18(24)15-8-13(15)9-22(10-14-11-26-19(3,4)27-14)17(23)16-7-12(2)20-21(16)5/h7,13-15H,6,8-11H2,1-5H3/t13-,14-,15+/m1/s1. The molecule has 0 bridgehead atoms. The van der Waals surface area contributed by atoms with Crippen LogP contribution in [0.4, 0.5) is 0 Å². The summed E-state index contributed by atoms with van der Waals surface area (Å²) in [5.41, 5.74) is 1.32. The van der Waals surface area contributed by atoms with Gasteiger partial charge >= 0.3 is 5.97 Å². The maximum Gasteiger partial charge on any atom is 0.309 e. The van der Waals surface area contributed by atoms with Crippen LogP contribution in [-0.2, 0) is 26.1 Å². The van der Waals surface area contributed by atoms with Crippen LogP contribution in [-0.4, -0.2) is 64.8 Å². The van der Waals surface area contributed by atoms with Crippen LogP contribution in [0.1, 0.15) is 43.4 Å². The molecule has 150 valence electrons. The summed E-state index contributed by atoms with van der Waals surface area (Å²) in [5.74, 6) is -0.924. The molecule has 1 saturated heterocycles. The topological polar surface area (TPSA) is 82.9 Å². The van der Waals surface area contributed by atoms with Crippen LogP contribution < -0.4 is 0 Å². The molecule has 2 heterocycles. The lowest BCUT2D eigenvalue weighted by Gasteiger charge is -2.26. The van der Waals surface area contributed by atoms with E-state index >= 15 is 0 Å². The molecule has 0 spiro atoms. The first kappa shape index (κ1) is 19.8. The van der Waals surface area contributed by atoms with Gasteiger partial charge < -0.3 is 19.1 Å². The van der Waals surface area contributed by atoms with Crippen LogP contribution >= 0.6 is 0 Å². The molecular formula is C19H29N3O5. The number of esters is 1. The summed E-state index contributed by atoms with van der Waals surface area (Å²) in [6, 6.07) is 1.78. The van der Waals surface area contributed by atoms with E-state index in [9.17, 15) is 9.59 Å². The number of hydrogen-bond acceptors (Lipinski definition) is 6. The van der Waals surface area contributed by atoms with E-state index in [-0.39, 0.29) is 29.8 Å². The number of hydrogen-bond donors (Lipinski definition) is 0. The molecule has 3 rings (SSSR count). The predicted octanol–water partition coefficient (Wildman–Crippen LogP) is 1.52. The SMILES string of the molecule is CCOC(=O)[C@H]1C[C@@H]1CN(C[C@@H]1COC(C)(C)O1)C(=O)c1cc(C)nn1C. The normalized spacial score (nSPS) is 26.0. The van der Waals surface area contributed by atoms with E-state index in [0.29, 0.717) is 32.0 Å². The zero-order valence-electron chi connectivity index (χ0n) is 16.7. The first-order valence-corrected chi connectivity index (χ1v) is 9.48. The molecule has 0 N–H and O–H groups in total. The zero-order chi connectivity index (χ0) is 19.8. The molecule has 1 aromatic heterocycles.